The molecule has 2 heterocycles. The maximum atomic E-state index is 13.5. The van der Waals surface area contributed by atoms with E-state index in [9.17, 15) is 4.39 Å². The van der Waals surface area contributed by atoms with Crippen LogP contribution in [0.2, 0.25) is 0 Å². The second-order valence-corrected chi connectivity index (χ2v) is 4.08. The van der Waals surface area contributed by atoms with Crippen LogP contribution in [0.5, 0.6) is 0 Å². The zero-order valence-electron chi connectivity index (χ0n) is 8.29. The van der Waals surface area contributed by atoms with Gasteiger partial charge in [-0.2, -0.15) is 0 Å². The number of benzene rings is 1. The molecule has 1 saturated heterocycles. The van der Waals surface area contributed by atoms with E-state index < -0.39 is 6.36 Å². The average molecular weight is 208 g/mol. The van der Waals surface area contributed by atoms with Crippen molar-refractivity contribution >= 4 is 0 Å². The topological polar surface area (TPSA) is 33.3 Å². The van der Waals surface area contributed by atoms with E-state index in [1.54, 1.807) is 6.07 Å². The summed E-state index contributed by atoms with van der Waals surface area (Å²) >= 11 is 0. The van der Waals surface area contributed by atoms with Crippen LogP contribution in [0.15, 0.2) is 24.3 Å². The van der Waals surface area contributed by atoms with Crippen LogP contribution in [-0.4, -0.2) is 19.8 Å². The van der Waals surface area contributed by atoms with E-state index in [1.165, 1.54) is 0 Å². The lowest BCUT2D eigenvalue weighted by Gasteiger charge is -2.36. The van der Waals surface area contributed by atoms with Gasteiger partial charge < -0.3 is 10.1 Å². The van der Waals surface area contributed by atoms with Gasteiger partial charge in [-0.3, -0.25) is 5.32 Å². The van der Waals surface area contributed by atoms with Crippen molar-refractivity contribution in [2.24, 2.45) is 0 Å². The number of alkyl halides is 1. The molecular formula is C11H13FN2O. The molecule has 2 aliphatic heterocycles. The van der Waals surface area contributed by atoms with Crippen molar-refractivity contribution in [3.63, 3.8) is 0 Å². The van der Waals surface area contributed by atoms with Gasteiger partial charge in [-0.15, -0.1) is 0 Å². The molecule has 0 saturated carbocycles. The molecule has 0 radical (unpaired) electrons. The lowest BCUT2D eigenvalue weighted by atomic mass is 9.86. The maximum absolute atomic E-state index is 13.5. The van der Waals surface area contributed by atoms with Crippen molar-refractivity contribution in [1.82, 2.24) is 10.6 Å². The minimum Gasteiger partial charge on any atom is -0.342 e. The Kier molecular flexibility index (Phi) is 2.02. The summed E-state index contributed by atoms with van der Waals surface area (Å²) in [6, 6.07) is 7.56. The Morgan fingerprint density at radius 2 is 2.27 bits per heavy atom. The van der Waals surface area contributed by atoms with Crippen molar-refractivity contribution in [3.8, 4) is 0 Å². The lowest BCUT2D eigenvalue weighted by Crippen LogP contribution is -2.47. The summed E-state index contributed by atoms with van der Waals surface area (Å²) < 4.78 is 18.7. The van der Waals surface area contributed by atoms with E-state index >= 15 is 0 Å². The zero-order valence-corrected chi connectivity index (χ0v) is 8.29. The first-order valence-corrected chi connectivity index (χ1v) is 5.13. The monoisotopic (exact) mass is 208 g/mol. The zero-order chi connectivity index (χ0) is 10.3. The highest BCUT2D eigenvalue weighted by Crippen LogP contribution is 2.37. The van der Waals surface area contributed by atoms with E-state index in [4.69, 9.17) is 4.74 Å². The lowest BCUT2D eigenvalue weighted by molar-refractivity contribution is -0.0797. The number of nitrogens with one attached hydrogen (secondary N) is 2. The predicted molar refractivity (Wildman–Crippen MR) is 53.9 cm³/mol. The van der Waals surface area contributed by atoms with E-state index in [0.717, 1.165) is 18.8 Å². The highest BCUT2D eigenvalue weighted by Gasteiger charge is 2.42. The molecule has 15 heavy (non-hydrogen) atoms. The summed E-state index contributed by atoms with van der Waals surface area (Å²) in [6.45, 7) is 1.92. The van der Waals surface area contributed by atoms with Crippen LogP contribution in [0.4, 0.5) is 4.39 Å². The van der Waals surface area contributed by atoms with Gasteiger partial charge in [-0.25, -0.2) is 4.39 Å². The Labute approximate surface area is 87.6 Å². The van der Waals surface area contributed by atoms with Gasteiger partial charge in [0, 0.05) is 18.8 Å². The number of ether oxygens (including phenoxy) is 1. The summed E-state index contributed by atoms with van der Waals surface area (Å²) in [5, 5.41) is 6.57. The molecule has 1 aromatic rings. The third-order valence-electron chi connectivity index (χ3n) is 3.18. The van der Waals surface area contributed by atoms with Gasteiger partial charge in [0.05, 0.1) is 12.1 Å². The SMILES string of the molecule is FC1OCC2(CNCN2)c2ccccc21. The van der Waals surface area contributed by atoms with Crippen molar-refractivity contribution < 1.29 is 9.13 Å². The van der Waals surface area contributed by atoms with Gasteiger partial charge in [0.1, 0.15) is 0 Å². The third kappa shape index (κ3) is 1.29. The molecule has 3 rings (SSSR count). The summed E-state index contributed by atoms with van der Waals surface area (Å²) in [5.74, 6) is 0. The van der Waals surface area contributed by atoms with Crippen LogP contribution < -0.4 is 10.6 Å². The van der Waals surface area contributed by atoms with Gasteiger partial charge in [0.2, 0.25) is 6.36 Å². The molecule has 0 aliphatic carbocycles. The summed E-state index contributed by atoms with van der Waals surface area (Å²) in [6.07, 6.45) is -1.28. The molecule has 80 valence electrons. The van der Waals surface area contributed by atoms with Crippen molar-refractivity contribution in [2.45, 2.75) is 11.9 Å². The number of fused-ring (bicyclic) bond motifs is 2. The Morgan fingerprint density at radius 1 is 1.40 bits per heavy atom. The highest BCUT2D eigenvalue weighted by atomic mass is 19.1. The van der Waals surface area contributed by atoms with Gasteiger partial charge in [0.25, 0.3) is 0 Å². The Morgan fingerprint density at radius 3 is 3.07 bits per heavy atom. The third-order valence-corrected chi connectivity index (χ3v) is 3.18. The van der Waals surface area contributed by atoms with Crippen molar-refractivity contribution in [1.29, 1.82) is 0 Å². The van der Waals surface area contributed by atoms with Gasteiger partial charge in [0.15, 0.2) is 0 Å². The van der Waals surface area contributed by atoms with Crippen LogP contribution in [0.1, 0.15) is 17.5 Å². The minimum absolute atomic E-state index is 0.237. The first-order chi connectivity index (χ1) is 7.32. The van der Waals surface area contributed by atoms with E-state index in [-0.39, 0.29) is 5.54 Å². The van der Waals surface area contributed by atoms with E-state index in [2.05, 4.69) is 10.6 Å². The van der Waals surface area contributed by atoms with Gasteiger partial charge in [-0.05, 0) is 5.56 Å². The number of hydrogen-bond acceptors (Lipinski definition) is 3. The Hall–Kier alpha value is -0.970. The molecular weight excluding hydrogens is 195 g/mol. The van der Waals surface area contributed by atoms with Crippen molar-refractivity contribution in [3.05, 3.63) is 35.4 Å². The first kappa shape index (κ1) is 9.27. The fourth-order valence-corrected chi connectivity index (χ4v) is 2.38. The smallest absolute Gasteiger partial charge is 0.225 e. The second kappa shape index (κ2) is 3.27. The fraction of sp³-hybridized carbons (Fsp3) is 0.455. The largest absolute Gasteiger partial charge is 0.342 e. The molecule has 0 amide bonds. The molecule has 2 atom stereocenters. The first-order valence-electron chi connectivity index (χ1n) is 5.13. The van der Waals surface area contributed by atoms with Crippen LogP contribution >= 0.6 is 0 Å². The molecule has 3 nitrogen and oxygen atoms in total. The standard InChI is InChI=1S/C11H13FN2O/c12-10-8-3-1-2-4-9(8)11(6-15-10)5-13-7-14-11/h1-4,10,13-14H,5-7H2. The van der Waals surface area contributed by atoms with Crippen LogP contribution in [-0.2, 0) is 10.3 Å². The predicted octanol–water partition coefficient (Wildman–Crippen LogP) is 1.03. The molecule has 1 fully saturated rings. The Bertz CT molecular complexity index is 377. The molecule has 1 spiro atoms. The maximum Gasteiger partial charge on any atom is 0.225 e. The molecule has 2 unspecified atom stereocenters. The highest BCUT2D eigenvalue weighted by molar-refractivity contribution is 5.37. The summed E-state index contributed by atoms with van der Waals surface area (Å²) in [5.41, 5.74) is 1.44. The molecule has 0 bridgehead atoms. The van der Waals surface area contributed by atoms with Crippen LogP contribution in [0.25, 0.3) is 0 Å². The molecule has 4 heteroatoms. The van der Waals surface area contributed by atoms with E-state index in [0.29, 0.717) is 12.2 Å². The number of halogens is 1. The molecule has 2 aliphatic rings. The number of rotatable bonds is 0. The van der Waals surface area contributed by atoms with Crippen LogP contribution in [0, 0.1) is 0 Å². The Balaban J connectivity index is 2.11. The van der Waals surface area contributed by atoms with Crippen LogP contribution in [0.3, 0.4) is 0 Å². The average Bonchev–Trinajstić information content (AvgIpc) is 2.74. The molecule has 0 aromatic heterocycles. The summed E-state index contributed by atoms with van der Waals surface area (Å²) in [7, 11) is 0. The van der Waals surface area contributed by atoms with Gasteiger partial charge >= 0.3 is 0 Å². The normalized spacial score (nSPS) is 34.3. The quantitative estimate of drug-likeness (QED) is 0.668. The number of hydrogen-bond donors (Lipinski definition) is 2. The van der Waals surface area contributed by atoms with Gasteiger partial charge in [-0.1, -0.05) is 24.3 Å². The second-order valence-electron chi connectivity index (χ2n) is 4.08. The molecule has 1 aromatic carbocycles. The fourth-order valence-electron chi connectivity index (χ4n) is 2.38. The summed E-state index contributed by atoms with van der Waals surface area (Å²) in [4.78, 5) is 0. The van der Waals surface area contributed by atoms with E-state index in [1.807, 2.05) is 18.2 Å². The minimum atomic E-state index is -1.28. The molecule has 2 N–H and O–H groups in total. The van der Waals surface area contributed by atoms with Crippen molar-refractivity contribution in [2.75, 3.05) is 19.8 Å².